The number of hydrogen-bond acceptors (Lipinski definition) is 4. The molecule has 152 valence electrons. The van der Waals surface area contributed by atoms with Gasteiger partial charge in [-0.1, -0.05) is 25.4 Å². The predicted octanol–water partition coefficient (Wildman–Crippen LogP) is 3.54. The topological polar surface area (TPSA) is 78.5 Å². The Morgan fingerprint density at radius 2 is 1.71 bits per heavy atom. The van der Waals surface area contributed by atoms with Crippen LogP contribution in [0.25, 0.3) is 0 Å². The first-order valence-corrected chi connectivity index (χ1v) is 9.94. The van der Waals surface area contributed by atoms with Crippen molar-refractivity contribution in [1.29, 1.82) is 0 Å². The van der Waals surface area contributed by atoms with Crippen LogP contribution in [-0.4, -0.2) is 31.7 Å². The van der Waals surface area contributed by atoms with Gasteiger partial charge < -0.3 is 0 Å². The monoisotopic (exact) mass is 435 g/mol. The maximum absolute atomic E-state index is 13.6. The van der Waals surface area contributed by atoms with Crippen molar-refractivity contribution >= 4 is 33.2 Å². The Balaban J connectivity index is 2.28. The summed E-state index contributed by atoms with van der Waals surface area (Å²) in [6, 6.07) is 5.14. The molecule has 0 fully saturated rings. The first-order chi connectivity index (χ1) is 13.1. The average molecular weight is 436 g/mol. The molecular formula is C17H17ClF3N3O3S. The van der Waals surface area contributed by atoms with Gasteiger partial charge in [-0.2, -0.15) is 4.31 Å². The van der Waals surface area contributed by atoms with Gasteiger partial charge in [0.05, 0.1) is 21.2 Å². The van der Waals surface area contributed by atoms with Crippen LogP contribution in [0.5, 0.6) is 0 Å². The van der Waals surface area contributed by atoms with E-state index in [1.807, 2.05) is 0 Å². The fourth-order valence-electron chi connectivity index (χ4n) is 2.37. The third-order valence-corrected chi connectivity index (χ3v) is 6.25. The quantitative estimate of drug-likeness (QED) is 0.515. The number of carbonyl (C=O) groups excluding carboxylic acids is 1. The third kappa shape index (κ3) is 4.40. The van der Waals surface area contributed by atoms with E-state index in [9.17, 15) is 26.4 Å². The number of anilines is 1. The van der Waals surface area contributed by atoms with Crippen LogP contribution in [0.4, 0.5) is 18.9 Å². The SMILES string of the molecule is CCN(CC)S(=O)(=O)c1ccc(Cl)c(C(=O)NNc2ccc(F)c(F)c2F)c1. The molecule has 0 atom stereocenters. The van der Waals surface area contributed by atoms with Crippen LogP contribution in [0.3, 0.4) is 0 Å². The Labute approximate surface area is 165 Å². The summed E-state index contributed by atoms with van der Waals surface area (Å²) in [5.74, 6) is -5.51. The molecule has 0 aliphatic carbocycles. The first kappa shape index (κ1) is 22.0. The summed E-state index contributed by atoms with van der Waals surface area (Å²) in [5.41, 5.74) is 3.46. The zero-order valence-electron chi connectivity index (χ0n) is 14.9. The van der Waals surface area contributed by atoms with Crippen molar-refractivity contribution in [2.45, 2.75) is 18.7 Å². The lowest BCUT2D eigenvalue weighted by Gasteiger charge is -2.19. The van der Waals surface area contributed by atoms with Crippen LogP contribution in [0, 0.1) is 17.5 Å². The molecule has 0 aromatic heterocycles. The summed E-state index contributed by atoms with van der Waals surface area (Å²) in [6.07, 6.45) is 0. The molecule has 2 aromatic rings. The number of carbonyl (C=O) groups is 1. The van der Waals surface area contributed by atoms with Crippen molar-refractivity contribution in [3.8, 4) is 0 Å². The van der Waals surface area contributed by atoms with Crippen LogP contribution >= 0.6 is 11.6 Å². The fraction of sp³-hybridized carbons (Fsp3) is 0.235. The molecule has 1 amide bonds. The van der Waals surface area contributed by atoms with Crippen molar-refractivity contribution in [2.24, 2.45) is 0 Å². The second-order valence-corrected chi connectivity index (χ2v) is 7.88. The second-order valence-electron chi connectivity index (χ2n) is 5.53. The van der Waals surface area contributed by atoms with E-state index in [0.29, 0.717) is 6.07 Å². The standard InChI is InChI=1S/C17H17ClF3N3O3S/c1-3-24(4-2)28(26,27)10-5-6-12(18)11(9-10)17(25)23-22-14-8-7-13(19)15(20)16(14)21/h5-9,22H,3-4H2,1-2H3,(H,23,25). The Morgan fingerprint density at radius 1 is 1.07 bits per heavy atom. The summed E-state index contributed by atoms with van der Waals surface area (Å²) in [5, 5.41) is -0.0523. The van der Waals surface area contributed by atoms with Crippen LogP contribution in [0.2, 0.25) is 5.02 Å². The first-order valence-electron chi connectivity index (χ1n) is 8.13. The number of sulfonamides is 1. The van der Waals surface area contributed by atoms with Crippen molar-refractivity contribution < 1.29 is 26.4 Å². The normalized spacial score (nSPS) is 11.5. The molecule has 0 unspecified atom stereocenters. The minimum atomic E-state index is -3.84. The third-order valence-electron chi connectivity index (χ3n) is 3.87. The highest BCUT2D eigenvalue weighted by atomic mass is 35.5. The molecule has 6 nitrogen and oxygen atoms in total. The minimum absolute atomic E-state index is 0.0523. The smallest absolute Gasteiger partial charge is 0.271 e. The zero-order chi connectivity index (χ0) is 21.1. The summed E-state index contributed by atoms with van der Waals surface area (Å²) in [4.78, 5) is 12.2. The largest absolute Gasteiger partial charge is 0.295 e. The molecule has 2 N–H and O–H groups in total. The highest BCUT2D eigenvalue weighted by Gasteiger charge is 2.24. The van der Waals surface area contributed by atoms with Gasteiger partial charge in [-0.05, 0) is 30.3 Å². The number of nitrogens with zero attached hydrogens (tertiary/aromatic N) is 1. The zero-order valence-corrected chi connectivity index (χ0v) is 16.5. The lowest BCUT2D eigenvalue weighted by molar-refractivity contribution is 0.0962. The Hall–Kier alpha value is -2.30. The Bertz CT molecular complexity index is 999. The summed E-state index contributed by atoms with van der Waals surface area (Å²) in [6.45, 7) is 3.82. The van der Waals surface area contributed by atoms with Crippen molar-refractivity contribution in [3.63, 3.8) is 0 Å². The van der Waals surface area contributed by atoms with Crippen LogP contribution in [-0.2, 0) is 10.0 Å². The van der Waals surface area contributed by atoms with E-state index in [0.717, 1.165) is 12.1 Å². The van der Waals surface area contributed by atoms with E-state index in [-0.39, 0.29) is 28.6 Å². The molecule has 0 saturated carbocycles. The fourth-order valence-corrected chi connectivity index (χ4v) is 4.05. The maximum atomic E-state index is 13.6. The average Bonchev–Trinajstić information content (AvgIpc) is 2.66. The number of nitrogens with one attached hydrogen (secondary N) is 2. The van der Waals surface area contributed by atoms with Gasteiger partial charge >= 0.3 is 0 Å². The highest BCUT2D eigenvalue weighted by Crippen LogP contribution is 2.23. The van der Waals surface area contributed by atoms with Crippen LogP contribution in [0.15, 0.2) is 35.2 Å². The number of rotatable bonds is 7. The van der Waals surface area contributed by atoms with E-state index in [1.54, 1.807) is 13.8 Å². The van der Waals surface area contributed by atoms with E-state index < -0.39 is 39.1 Å². The lowest BCUT2D eigenvalue weighted by Crippen LogP contribution is -2.32. The Morgan fingerprint density at radius 3 is 2.32 bits per heavy atom. The molecule has 2 aromatic carbocycles. The van der Waals surface area contributed by atoms with Gasteiger partial charge in [0.25, 0.3) is 5.91 Å². The van der Waals surface area contributed by atoms with Crippen LogP contribution in [0.1, 0.15) is 24.2 Å². The Kier molecular flexibility index (Phi) is 6.91. The molecule has 2 rings (SSSR count). The maximum Gasteiger partial charge on any atom is 0.271 e. The van der Waals surface area contributed by atoms with E-state index >= 15 is 0 Å². The van der Waals surface area contributed by atoms with Gasteiger partial charge in [0.2, 0.25) is 10.0 Å². The molecule has 0 spiro atoms. The van der Waals surface area contributed by atoms with Gasteiger partial charge in [-0.25, -0.2) is 21.6 Å². The molecule has 0 radical (unpaired) electrons. The molecule has 0 heterocycles. The van der Waals surface area contributed by atoms with Gasteiger partial charge in [0.15, 0.2) is 17.5 Å². The number of benzene rings is 2. The van der Waals surface area contributed by atoms with Crippen molar-refractivity contribution in [2.75, 3.05) is 18.5 Å². The number of hydrazine groups is 1. The predicted molar refractivity (Wildman–Crippen MR) is 99.0 cm³/mol. The molecular weight excluding hydrogens is 419 g/mol. The van der Waals surface area contributed by atoms with Gasteiger partial charge in [-0.15, -0.1) is 0 Å². The summed E-state index contributed by atoms with van der Waals surface area (Å²) in [7, 11) is -3.84. The van der Waals surface area contributed by atoms with E-state index in [2.05, 4.69) is 10.9 Å². The number of halogens is 4. The van der Waals surface area contributed by atoms with Crippen molar-refractivity contribution in [1.82, 2.24) is 9.73 Å². The summed E-state index contributed by atoms with van der Waals surface area (Å²) < 4.78 is 66.2. The minimum Gasteiger partial charge on any atom is -0.295 e. The van der Waals surface area contributed by atoms with Crippen LogP contribution < -0.4 is 10.9 Å². The second kappa shape index (κ2) is 8.80. The highest BCUT2D eigenvalue weighted by molar-refractivity contribution is 7.89. The van der Waals surface area contributed by atoms with Gasteiger partial charge in [0, 0.05) is 13.1 Å². The molecule has 11 heteroatoms. The molecule has 0 saturated heterocycles. The number of amides is 1. The lowest BCUT2D eigenvalue weighted by atomic mass is 10.2. The van der Waals surface area contributed by atoms with E-state index in [4.69, 9.17) is 11.6 Å². The van der Waals surface area contributed by atoms with Gasteiger partial charge in [0.1, 0.15) is 0 Å². The summed E-state index contributed by atoms with van der Waals surface area (Å²) >= 11 is 5.97. The molecule has 0 aliphatic rings. The molecule has 0 bridgehead atoms. The molecule has 0 aliphatic heterocycles. The van der Waals surface area contributed by atoms with Crippen molar-refractivity contribution in [3.05, 3.63) is 58.4 Å². The molecule has 28 heavy (non-hydrogen) atoms. The van der Waals surface area contributed by atoms with E-state index in [1.165, 1.54) is 16.4 Å². The van der Waals surface area contributed by atoms with Gasteiger partial charge in [-0.3, -0.25) is 15.6 Å². The number of hydrogen-bond donors (Lipinski definition) is 2.